The topological polar surface area (TPSA) is 30.5 Å². The van der Waals surface area contributed by atoms with Gasteiger partial charge in [0, 0.05) is 0 Å². The van der Waals surface area contributed by atoms with E-state index in [4.69, 9.17) is 0 Å². The number of rotatable bonds is 0. The molecule has 0 rings (SSSR count). The Morgan fingerprint density at radius 1 is 0.625 bits per heavy atom. The molecule has 0 aromatic heterocycles. The predicted molar refractivity (Wildman–Crippen MR) is 61.5 cm³/mol. The fourth-order valence-electron chi connectivity index (χ4n) is 0. The molecule has 0 bridgehead atoms. The van der Waals surface area contributed by atoms with E-state index in [-0.39, 0.29) is 107 Å². The number of nitrogens with zero attached hydrogens (tertiary/aromatic N) is 1. The summed E-state index contributed by atoms with van der Waals surface area (Å²) in [6.45, 7) is 0. The molecule has 0 saturated heterocycles. The zero-order valence-corrected chi connectivity index (χ0v) is 7.79. The van der Waals surface area contributed by atoms with Gasteiger partial charge < -0.3 is 16.0 Å². The minimum absolute atomic E-state index is 0. The van der Waals surface area contributed by atoms with Crippen molar-refractivity contribution in [3.05, 3.63) is 6.15 Å². The summed E-state index contributed by atoms with van der Waals surface area (Å²) in [6, 6.07) is 0. The molecule has 0 aliphatic rings. The van der Waals surface area contributed by atoms with Crippen molar-refractivity contribution in [2.24, 2.45) is 0 Å². The number of hydrogen-bond acceptors (Lipinski definition) is 0. The molecule has 0 aromatic carbocycles. The van der Waals surface area contributed by atoms with Crippen molar-refractivity contribution >= 4 is 101 Å². The van der Waals surface area contributed by atoms with Crippen molar-refractivity contribution in [2.45, 2.75) is 0 Å². The van der Waals surface area contributed by atoms with Gasteiger partial charge in [0.05, 0.1) is 16.8 Å². The van der Waals surface area contributed by atoms with E-state index >= 15 is 0 Å². The van der Waals surface area contributed by atoms with Gasteiger partial charge in [0.1, 0.15) is 0 Å². The minimum atomic E-state index is 0. The van der Waals surface area contributed by atoms with Gasteiger partial charge in [0.15, 0.2) is 34.7 Å². The first-order chi connectivity index (χ1) is 0. The van der Waals surface area contributed by atoms with E-state index in [1.807, 2.05) is 0 Å². The molecule has 0 aliphatic carbocycles. The monoisotopic (exact) mass is 271 g/mol. The van der Waals surface area contributed by atoms with Crippen molar-refractivity contribution in [1.82, 2.24) is 0 Å². The molecule has 0 saturated carbocycles. The van der Waals surface area contributed by atoms with Crippen LogP contribution in [0.4, 0.5) is 0 Å². The third kappa shape index (κ3) is 67.0. The molecule has 0 fully saturated rings. The zero-order valence-electron chi connectivity index (χ0n) is 2.05. The second-order valence-electron chi connectivity index (χ2n) is 0. The molecule has 0 unspecified atom stereocenters. The average Bonchev–Trinajstić information content (AvgIpc) is 0. The SMILES string of the molecule is B.B.[AlH3].[AlH3].[Ga+3].[Ga+3].[N-3].[P-3]. The van der Waals surface area contributed by atoms with E-state index in [0.717, 1.165) is 0 Å². The van der Waals surface area contributed by atoms with Gasteiger partial charge in [-0.25, -0.2) is 0 Å². The molecule has 0 heterocycles. The first-order valence-electron chi connectivity index (χ1n) is 0. The molecular formula is H12Al2B2Ga2NP. The molecule has 40 valence electrons. The molecule has 0 amide bonds. The predicted octanol–water partition coefficient (Wildman–Crippen LogP) is -4.35. The Balaban J connectivity index is 0. The van der Waals surface area contributed by atoms with Crippen molar-refractivity contribution < 1.29 is 0 Å². The Labute approximate surface area is 106 Å². The Kier molecular flexibility index (Phi) is 1530. The van der Waals surface area contributed by atoms with Crippen LogP contribution in [0.1, 0.15) is 0 Å². The summed E-state index contributed by atoms with van der Waals surface area (Å²) in [5, 5.41) is 0. The van der Waals surface area contributed by atoms with E-state index in [9.17, 15) is 0 Å². The van der Waals surface area contributed by atoms with Gasteiger partial charge in [-0.2, -0.15) is 0 Å². The fraction of sp³-hybridized carbons (Fsp3) is 0. The van der Waals surface area contributed by atoms with E-state index in [2.05, 4.69) is 0 Å². The van der Waals surface area contributed by atoms with Gasteiger partial charge in [-0.1, -0.05) is 0 Å². The summed E-state index contributed by atoms with van der Waals surface area (Å²) in [4.78, 5) is 0. The van der Waals surface area contributed by atoms with Crippen LogP contribution in [0.3, 0.4) is 0 Å². The van der Waals surface area contributed by atoms with Crippen LogP contribution in [0.15, 0.2) is 0 Å². The second kappa shape index (κ2) is 94.7. The normalized spacial score (nSPS) is 0. The molecule has 0 aromatic rings. The van der Waals surface area contributed by atoms with Crippen LogP contribution in [0, 0.1) is 0 Å². The van der Waals surface area contributed by atoms with Crippen LogP contribution in [0.2, 0.25) is 0 Å². The van der Waals surface area contributed by atoms with Gasteiger partial charge >= 0.3 is 39.6 Å². The summed E-state index contributed by atoms with van der Waals surface area (Å²) in [7, 11) is 0. The summed E-state index contributed by atoms with van der Waals surface area (Å²) >= 11 is 0. The molecule has 8 heteroatoms. The second-order valence-corrected chi connectivity index (χ2v) is 0. The Bertz CT molecular complexity index is 18.0. The molecule has 0 aliphatic heterocycles. The van der Waals surface area contributed by atoms with Gasteiger partial charge in [-0.05, 0) is 0 Å². The van der Waals surface area contributed by atoms with Crippen LogP contribution in [-0.4, -0.2) is 91.1 Å². The third-order valence-electron chi connectivity index (χ3n) is 0. The van der Waals surface area contributed by atoms with Crippen LogP contribution in [0.5, 0.6) is 0 Å². The first-order valence-corrected chi connectivity index (χ1v) is 0. The molecule has 0 radical (unpaired) electrons. The smallest absolute Gasteiger partial charge is 3.00 e. The standard InChI is InChI=1S/2Al.2BH3.2Ga.N.P.6H/h;;2*1H3;;;;;;;;;;/q;;;;2*+3;2*-3;;;;;;. The molecule has 0 spiro atoms. The maximum atomic E-state index is 0. The molecule has 1 nitrogen and oxygen atoms in total. The summed E-state index contributed by atoms with van der Waals surface area (Å²) in [5.41, 5.74) is 0. The molecule has 0 atom stereocenters. The minimum Gasteiger partial charge on any atom is -3.00 e. The van der Waals surface area contributed by atoms with Crippen LogP contribution in [-0.2, 0) is 0 Å². The zero-order chi connectivity index (χ0) is 0. The van der Waals surface area contributed by atoms with E-state index in [0.29, 0.717) is 0 Å². The summed E-state index contributed by atoms with van der Waals surface area (Å²) in [5.74, 6) is 0. The Hall–Kier alpha value is 2.86. The Morgan fingerprint density at radius 2 is 0.625 bits per heavy atom. The average molecular weight is 272 g/mol. The maximum Gasteiger partial charge on any atom is 3.00 e. The van der Waals surface area contributed by atoms with Crippen molar-refractivity contribution in [3.63, 3.8) is 0 Å². The van der Waals surface area contributed by atoms with Crippen LogP contribution >= 0.6 is 9.90 Å². The van der Waals surface area contributed by atoms with Gasteiger partial charge in [0.25, 0.3) is 0 Å². The van der Waals surface area contributed by atoms with E-state index in [1.165, 1.54) is 0 Å². The van der Waals surface area contributed by atoms with Gasteiger partial charge in [-0.3, -0.25) is 0 Å². The van der Waals surface area contributed by atoms with Crippen molar-refractivity contribution in [2.75, 3.05) is 0 Å². The van der Waals surface area contributed by atoms with E-state index in [1.54, 1.807) is 0 Å². The quantitative estimate of drug-likeness (QED) is 0.315. The number of hydrogen-bond donors (Lipinski definition) is 0. The largest absolute Gasteiger partial charge is 3.00 e. The molecule has 0 N–H and O–H groups in total. The van der Waals surface area contributed by atoms with Crippen LogP contribution < -0.4 is 0 Å². The van der Waals surface area contributed by atoms with E-state index < -0.39 is 0 Å². The summed E-state index contributed by atoms with van der Waals surface area (Å²) < 4.78 is 0. The first kappa shape index (κ1) is 129. The van der Waals surface area contributed by atoms with Crippen LogP contribution in [0.25, 0.3) is 6.15 Å². The molecular weight excluding hydrogens is 260 g/mol. The molecule has 8 heavy (non-hydrogen) atoms. The Morgan fingerprint density at radius 3 is 0.625 bits per heavy atom. The summed E-state index contributed by atoms with van der Waals surface area (Å²) in [6.07, 6.45) is 0. The van der Waals surface area contributed by atoms with Crippen molar-refractivity contribution in [1.29, 1.82) is 0 Å². The third-order valence-corrected chi connectivity index (χ3v) is 0. The van der Waals surface area contributed by atoms with Gasteiger partial charge in [0.2, 0.25) is 0 Å². The maximum absolute atomic E-state index is 0. The van der Waals surface area contributed by atoms with Crippen molar-refractivity contribution in [3.8, 4) is 0 Å². The van der Waals surface area contributed by atoms with Gasteiger partial charge in [-0.15, -0.1) is 0 Å². The fourth-order valence-corrected chi connectivity index (χ4v) is 0.